The van der Waals surface area contributed by atoms with Crippen molar-refractivity contribution in [3.8, 4) is 5.75 Å². The van der Waals surface area contributed by atoms with Crippen LogP contribution in [-0.2, 0) is 0 Å². The molecule has 110 valence electrons. The molecule has 2 rings (SSSR count). The van der Waals surface area contributed by atoms with Gasteiger partial charge in [0, 0.05) is 4.90 Å². The lowest BCUT2D eigenvalue weighted by Gasteiger charge is -2.06. The molecule has 0 amide bonds. The number of thioether (sulfide) groups is 2. The molecule has 0 heterocycles. The Bertz CT molecular complexity index is 552. The first-order chi connectivity index (χ1) is 10.4. The first kappa shape index (κ1) is 16.1. The number of ether oxygens (including phenoxy) is 1. The van der Waals surface area contributed by atoms with E-state index in [9.17, 15) is 0 Å². The Morgan fingerprint density at radius 2 is 1.71 bits per heavy atom. The van der Waals surface area contributed by atoms with Gasteiger partial charge in [0.05, 0.1) is 7.11 Å². The molecule has 0 saturated carbocycles. The molecule has 2 aromatic carbocycles. The smallest absolute Gasteiger partial charge is 0.132 e. The Kier molecular flexibility index (Phi) is 7.33. The SMILES string of the molecule is COc1ccccc1SCCCS/C=C/c1ccccc1. The van der Waals surface area contributed by atoms with Crippen molar-refractivity contribution in [2.24, 2.45) is 0 Å². The lowest BCUT2D eigenvalue weighted by Crippen LogP contribution is -1.87. The largest absolute Gasteiger partial charge is 0.496 e. The lowest BCUT2D eigenvalue weighted by molar-refractivity contribution is 0.405. The van der Waals surface area contributed by atoms with Gasteiger partial charge in [-0.1, -0.05) is 42.5 Å². The van der Waals surface area contributed by atoms with Gasteiger partial charge in [-0.25, -0.2) is 0 Å². The maximum atomic E-state index is 5.35. The Balaban J connectivity index is 1.63. The van der Waals surface area contributed by atoms with Gasteiger partial charge in [0.15, 0.2) is 0 Å². The molecular formula is C18H20OS2. The predicted molar refractivity (Wildman–Crippen MR) is 96.3 cm³/mol. The van der Waals surface area contributed by atoms with Gasteiger partial charge in [0.25, 0.3) is 0 Å². The molecule has 0 N–H and O–H groups in total. The third-order valence-electron chi connectivity index (χ3n) is 2.89. The highest BCUT2D eigenvalue weighted by atomic mass is 32.2. The number of hydrogen-bond acceptors (Lipinski definition) is 3. The zero-order valence-corrected chi connectivity index (χ0v) is 13.8. The van der Waals surface area contributed by atoms with Crippen molar-refractivity contribution in [1.29, 1.82) is 0 Å². The Morgan fingerprint density at radius 3 is 2.52 bits per heavy atom. The van der Waals surface area contributed by atoms with E-state index in [0.29, 0.717) is 0 Å². The van der Waals surface area contributed by atoms with Gasteiger partial charge in [0.2, 0.25) is 0 Å². The Labute approximate surface area is 135 Å². The van der Waals surface area contributed by atoms with Gasteiger partial charge in [-0.3, -0.25) is 0 Å². The summed E-state index contributed by atoms with van der Waals surface area (Å²) in [6, 6.07) is 18.6. The van der Waals surface area contributed by atoms with Crippen LogP contribution < -0.4 is 4.74 Å². The van der Waals surface area contributed by atoms with E-state index in [0.717, 1.165) is 17.3 Å². The molecule has 3 heteroatoms. The summed E-state index contributed by atoms with van der Waals surface area (Å²) >= 11 is 3.73. The molecule has 0 atom stereocenters. The monoisotopic (exact) mass is 316 g/mol. The summed E-state index contributed by atoms with van der Waals surface area (Å²) in [4.78, 5) is 1.23. The molecule has 0 aliphatic rings. The summed E-state index contributed by atoms with van der Waals surface area (Å²) in [5, 5.41) is 2.18. The van der Waals surface area contributed by atoms with Crippen molar-refractivity contribution >= 4 is 29.6 Å². The van der Waals surface area contributed by atoms with Crippen LogP contribution in [0.15, 0.2) is 64.9 Å². The summed E-state index contributed by atoms with van der Waals surface area (Å²) in [7, 11) is 1.73. The number of methoxy groups -OCH3 is 1. The third-order valence-corrected chi connectivity index (χ3v) is 4.88. The van der Waals surface area contributed by atoms with E-state index >= 15 is 0 Å². The number of para-hydroxylation sites is 1. The van der Waals surface area contributed by atoms with E-state index in [1.807, 2.05) is 41.7 Å². The molecule has 0 fully saturated rings. The van der Waals surface area contributed by atoms with Gasteiger partial charge < -0.3 is 4.74 Å². The topological polar surface area (TPSA) is 9.23 Å². The first-order valence-corrected chi connectivity index (χ1v) is 9.02. The van der Waals surface area contributed by atoms with Crippen LogP contribution in [0.3, 0.4) is 0 Å². The lowest BCUT2D eigenvalue weighted by atomic mass is 10.2. The van der Waals surface area contributed by atoms with Crippen molar-refractivity contribution in [2.75, 3.05) is 18.6 Å². The fourth-order valence-electron chi connectivity index (χ4n) is 1.82. The highest BCUT2D eigenvalue weighted by Crippen LogP contribution is 2.29. The van der Waals surface area contributed by atoms with Crippen LogP contribution in [0.25, 0.3) is 6.08 Å². The Morgan fingerprint density at radius 1 is 0.952 bits per heavy atom. The second kappa shape index (κ2) is 9.59. The van der Waals surface area contributed by atoms with Crippen LogP contribution in [0, 0.1) is 0 Å². The summed E-state index contributed by atoms with van der Waals surface area (Å²) in [5.74, 6) is 3.23. The minimum atomic E-state index is 0.971. The third kappa shape index (κ3) is 5.90. The van der Waals surface area contributed by atoms with Crippen LogP contribution in [0.4, 0.5) is 0 Å². The second-order valence-corrected chi connectivity index (χ2v) is 6.59. The van der Waals surface area contributed by atoms with Crippen molar-refractivity contribution in [3.63, 3.8) is 0 Å². The van der Waals surface area contributed by atoms with Crippen LogP contribution in [-0.4, -0.2) is 18.6 Å². The minimum Gasteiger partial charge on any atom is -0.496 e. The van der Waals surface area contributed by atoms with E-state index in [4.69, 9.17) is 4.74 Å². The standard InChI is InChI=1S/C18H20OS2/c1-19-17-10-5-6-11-18(17)21-14-7-13-20-15-12-16-8-3-2-4-9-16/h2-6,8-12,15H,7,13-14H2,1H3/b15-12+. The number of hydrogen-bond donors (Lipinski definition) is 0. The molecule has 0 radical (unpaired) electrons. The Hall–Kier alpha value is -1.32. The van der Waals surface area contributed by atoms with Crippen LogP contribution in [0.1, 0.15) is 12.0 Å². The first-order valence-electron chi connectivity index (χ1n) is 6.99. The fourth-order valence-corrected chi connectivity index (χ4v) is 3.68. The van der Waals surface area contributed by atoms with Crippen LogP contribution >= 0.6 is 23.5 Å². The maximum Gasteiger partial charge on any atom is 0.132 e. The zero-order valence-electron chi connectivity index (χ0n) is 12.2. The van der Waals surface area contributed by atoms with Crippen LogP contribution in [0.5, 0.6) is 5.75 Å². The second-order valence-electron chi connectivity index (χ2n) is 4.44. The fraction of sp³-hybridized carbons (Fsp3) is 0.222. The molecular weight excluding hydrogens is 296 g/mol. The highest BCUT2D eigenvalue weighted by molar-refractivity contribution is 8.02. The number of benzene rings is 2. The van der Waals surface area contributed by atoms with Gasteiger partial charge in [-0.15, -0.1) is 23.5 Å². The molecule has 0 spiro atoms. The van der Waals surface area contributed by atoms with E-state index in [2.05, 4.69) is 47.9 Å². The normalized spacial score (nSPS) is 10.9. The molecule has 0 aliphatic carbocycles. The summed E-state index contributed by atoms with van der Waals surface area (Å²) < 4.78 is 5.35. The minimum absolute atomic E-state index is 0.971. The molecule has 0 aromatic heterocycles. The van der Waals surface area contributed by atoms with Crippen LogP contribution in [0.2, 0.25) is 0 Å². The molecule has 1 nitrogen and oxygen atoms in total. The van der Waals surface area contributed by atoms with Gasteiger partial charge >= 0.3 is 0 Å². The summed E-state index contributed by atoms with van der Waals surface area (Å²) in [6.45, 7) is 0. The van der Waals surface area contributed by atoms with Crippen molar-refractivity contribution in [2.45, 2.75) is 11.3 Å². The quantitative estimate of drug-likeness (QED) is 0.464. The van der Waals surface area contributed by atoms with Crippen molar-refractivity contribution in [1.82, 2.24) is 0 Å². The van der Waals surface area contributed by atoms with E-state index in [-0.39, 0.29) is 0 Å². The van der Waals surface area contributed by atoms with E-state index in [1.54, 1.807) is 7.11 Å². The van der Waals surface area contributed by atoms with Crippen molar-refractivity contribution < 1.29 is 4.74 Å². The molecule has 0 aliphatic heterocycles. The zero-order chi connectivity index (χ0) is 14.8. The molecule has 0 bridgehead atoms. The molecule has 2 aromatic rings. The predicted octanol–water partition coefficient (Wildman–Crippen LogP) is 5.58. The average Bonchev–Trinajstić information content (AvgIpc) is 2.55. The average molecular weight is 316 g/mol. The summed E-state index contributed by atoms with van der Waals surface area (Å²) in [5.41, 5.74) is 1.26. The molecule has 0 unspecified atom stereocenters. The maximum absolute atomic E-state index is 5.35. The molecule has 21 heavy (non-hydrogen) atoms. The van der Waals surface area contributed by atoms with E-state index < -0.39 is 0 Å². The van der Waals surface area contributed by atoms with Gasteiger partial charge in [-0.2, -0.15) is 0 Å². The molecule has 0 saturated heterocycles. The van der Waals surface area contributed by atoms with Crippen molar-refractivity contribution in [3.05, 3.63) is 65.6 Å². The summed E-state index contributed by atoms with van der Waals surface area (Å²) in [6.07, 6.45) is 3.35. The van der Waals surface area contributed by atoms with E-state index in [1.165, 1.54) is 16.9 Å². The highest BCUT2D eigenvalue weighted by Gasteiger charge is 2.01. The van der Waals surface area contributed by atoms with Gasteiger partial charge in [0.1, 0.15) is 5.75 Å². The van der Waals surface area contributed by atoms with Gasteiger partial charge in [-0.05, 0) is 47.1 Å². The number of rotatable bonds is 8.